The Morgan fingerprint density at radius 1 is 1.30 bits per heavy atom. The number of benzene rings is 1. The summed E-state index contributed by atoms with van der Waals surface area (Å²) in [6.07, 6.45) is 5.39. The molecule has 1 saturated carbocycles. The minimum Gasteiger partial charge on any atom is -0.489 e. The van der Waals surface area contributed by atoms with Gasteiger partial charge in [0.2, 0.25) is 0 Å². The highest BCUT2D eigenvalue weighted by Gasteiger charge is 2.36. The quantitative estimate of drug-likeness (QED) is 0.923. The number of alkyl halides is 1. The number of fused-ring (bicyclic) bond motifs is 2. The van der Waals surface area contributed by atoms with Gasteiger partial charge in [0.15, 0.2) is 0 Å². The van der Waals surface area contributed by atoms with E-state index in [2.05, 4.69) is 23.2 Å². The molecule has 0 radical (unpaired) electrons. The summed E-state index contributed by atoms with van der Waals surface area (Å²) in [5.74, 6) is 1.74. The van der Waals surface area contributed by atoms with Crippen molar-refractivity contribution in [3.8, 4) is 5.75 Å². The minimum absolute atomic E-state index is 0.243. The molecule has 0 bridgehead atoms. The lowest BCUT2D eigenvalue weighted by Crippen LogP contribution is -2.42. The van der Waals surface area contributed by atoms with Crippen LogP contribution in [0.2, 0.25) is 0 Å². The van der Waals surface area contributed by atoms with Crippen molar-refractivity contribution in [3.63, 3.8) is 0 Å². The summed E-state index contributed by atoms with van der Waals surface area (Å²) in [4.78, 5) is 2.42. The Kier molecular flexibility index (Phi) is 4.18. The van der Waals surface area contributed by atoms with Gasteiger partial charge in [0, 0.05) is 6.54 Å². The van der Waals surface area contributed by atoms with Crippen molar-refractivity contribution in [2.24, 2.45) is 0 Å². The number of nitrogens with zero attached hydrogens (tertiary/aromatic N) is 1. The van der Waals surface area contributed by atoms with E-state index in [4.69, 9.17) is 4.74 Å². The summed E-state index contributed by atoms with van der Waals surface area (Å²) in [7, 11) is 0. The molecular formula is C19H27FN2O. The van der Waals surface area contributed by atoms with Gasteiger partial charge in [-0.25, -0.2) is 0 Å². The zero-order chi connectivity index (χ0) is 15.8. The van der Waals surface area contributed by atoms with Crippen LogP contribution in [0.15, 0.2) is 6.07 Å². The Morgan fingerprint density at radius 2 is 2.13 bits per heavy atom. The molecule has 1 aliphatic carbocycles. The van der Waals surface area contributed by atoms with Gasteiger partial charge in [-0.15, -0.1) is 0 Å². The van der Waals surface area contributed by atoms with Crippen molar-refractivity contribution in [1.29, 1.82) is 0 Å². The smallest absolute Gasteiger partial charge is 0.143 e. The first-order valence-electron chi connectivity index (χ1n) is 9.14. The second-order valence-electron chi connectivity index (χ2n) is 7.19. The normalized spacial score (nSPS) is 23.7. The first kappa shape index (κ1) is 15.3. The topological polar surface area (TPSA) is 24.5 Å². The number of rotatable bonds is 4. The van der Waals surface area contributed by atoms with E-state index in [0.717, 1.165) is 38.2 Å². The largest absolute Gasteiger partial charge is 0.489 e. The van der Waals surface area contributed by atoms with E-state index in [0.29, 0.717) is 25.0 Å². The summed E-state index contributed by atoms with van der Waals surface area (Å²) < 4.78 is 18.9. The molecule has 0 aromatic heterocycles. The zero-order valence-electron chi connectivity index (χ0n) is 14.0. The molecule has 4 heteroatoms. The summed E-state index contributed by atoms with van der Waals surface area (Å²) in [5.41, 5.74) is 5.85. The van der Waals surface area contributed by atoms with Gasteiger partial charge < -0.3 is 15.0 Å². The van der Waals surface area contributed by atoms with E-state index in [1.807, 2.05) is 0 Å². The van der Waals surface area contributed by atoms with E-state index < -0.39 is 0 Å². The maximum Gasteiger partial charge on any atom is 0.143 e. The lowest BCUT2D eigenvalue weighted by Gasteiger charge is -2.39. The van der Waals surface area contributed by atoms with Crippen LogP contribution in [-0.4, -0.2) is 39.0 Å². The number of anilines is 1. The number of ether oxygens (including phenoxy) is 1. The molecule has 1 atom stereocenters. The van der Waals surface area contributed by atoms with Crippen LogP contribution in [0.3, 0.4) is 0 Å². The molecule has 126 valence electrons. The standard InChI is InChI=1S/C19H27FN2O/c1-13-12-23-17-11-15-5-8-21-9-6-16(15)18(14-3-4-14)19(17)22(13)10-2-7-20/h11,13-14,21H,2-10,12H2,1H3/t13-/m0/s1. The summed E-state index contributed by atoms with van der Waals surface area (Å²) >= 11 is 0. The molecule has 1 aromatic carbocycles. The highest BCUT2D eigenvalue weighted by molar-refractivity contribution is 5.71. The van der Waals surface area contributed by atoms with Crippen LogP contribution in [0.1, 0.15) is 48.8 Å². The molecule has 0 amide bonds. The highest BCUT2D eigenvalue weighted by atomic mass is 19.1. The third kappa shape index (κ3) is 2.82. The van der Waals surface area contributed by atoms with Crippen molar-refractivity contribution in [1.82, 2.24) is 5.32 Å². The first-order valence-corrected chi connectivity index (χ1v) is 9.14. The molecule has 1 aromatic rings. The highest BCUT2D eigenvalue weighted by Crippen LogP contribution is 2.52. The fourth-order valence-electron chi connectivity index (χ4n) is 4.14. The van der Waals surface area contributed by atoms with Crippen LogP contribution in [-0.2, 0) is 12.8 Å². The van der Waals surface area contributed by atoms with Gasteiger partial charge in [0.1, 0.15) is 12.4 Å². The summed E-state index contributed by atoms with van der Waals surface area (Å²) in [6.45, 7) is 5.58. The maximum atomic E-state index is 12.8. The summed E-state index contributed by atoms with van der Waals surface area (Å²) in [6, 6.07) is 2.60. The first-order chi connectivity index (χ1) is 11.3. The predicted octanol–water partition coefficient (Wildman–Crippen LogP) is 3.20. The third-order valence-corrected chi connectivity index (χ3v) is 5.45. The average molecular weight is 318 g/mol. The Balaban J connectivity index is 1.83. The van der Waals surface area contributed by atoms with Crippen LogP contribution >= 0.6 is 0 Å². The van der Waals surface area contributed by atoms with E-state index in [1.54, 1.807) is 5.56 Å². The fourth-order valence-corrected chi connectivity index (χ4v) is 4.14. The van der Waals surface area contributed by atoms with Gasteiger partial charge in [-0.1, -0.05) is 0 Å². The SMILES string of the molecule is C[C@H]1COc2cc3c(c(C4CC4)c2N1CCCF)CCNCC3. The van der Waals surface area contributed by atoms with Crippen molar-refractivity contribution in [3.05, 3.63) is 22.8 Å². The fraction of sp³-hybridized carbons (Fsp3) is 0.684. The number of hydrogen-bond donors (Lipinski definition) is 1. The van der Waals surface area contributed by atoms with Gasteiger partial charge in [-0.2, -0.15) is 0 Å². The molecule has 3 aliphatic rings. The molecule has 0 spiro atoms. The molecule has 1 N–H and O–H groups in total. The van der Waals surface area contributed by atoms with Gasteiger partial charge in [0.05, 0.1) is 18.4 Å². The van der Waals surface area contributed by atoms with E-state index >= 15 is 0 Å². The molecule has 0 saturated heterocycles. The van der Waals surface area contributed by atoms with E-state index in [9.17, 15) is 4.39 Å². The van der Waals surface area contributed by atoms with Crippen LogP contribution in [0.25, 0.3) is 0 Å². The second-order valence-corrected chi connectivity index (χ2v) is 7.19. The van der Waals surface area contributed by atoms with E-state index in [-0.39, 0.29) is 6.67 Å². The molecule has 3 nitrogen and oxygen atoms in total. The Labute approximate surface area is 138 Å². The van der Waals surface area contributed by atoms with Gasteiger partial charge in [-0.05, 0) is 80.8 Å². The predicted molar refractivity (Wildman–Crippen MR) is 91.6 cm³/mol. The van der Waals surface area contributed by atoms with Crippen LogP contribution < -0.4 is 15.0 Å². The average Bonchev–Trinajstić information content (AvgIpc) is 3.39. The number of hydrogen-bond acceptors (Lipinski definition) is 3. The molecule has 0 unspecified atom stereocenters. The Hall–Kier alpha value is -1.29. The van der Waals surface area contributed by atoms with Crippen LogP contribution in [0.5, 0.6) is 5.75 Å². The van der Waals surface area contributed by atoms with Crippen LogP contribution in [0, 0.1) is 0 Å². The molecule has 23 heavy (non-hydrogen) atoms. The maximum absolute atomic E-state index is 12.8. The second kappa shape index (κ2) is 6.31. The Morgan fingerprint density at radius 3 is 2.91 bits per heavy atom. The Bertz CT molecular complexity index is 585. The summed E-state index contributed by atoms with van der Waals surface area (Å²) in [5, 5.41) is 3.52. The zero-order valence-corrected chi connectivity index (χ0v) is 14.0. The van der Waals surface area contributed by atoms with Gasteiger partial charge in [0.25, 0.3) is 0 Å². The monoisotopic (exact) mass is 318 g/mol. The van der Waals surface area contributed by atoms with Gasteiger partial charge >= 0.3 is 0 Å². The number of nitrogens with one attached hydrogen (secondary N) is 1. The van der Waals surface area contributed by atoms with Crippen LogP contribution in [0.4, 0.5) is 10.1 Å². The molecular weight excluding hydrogens is 291 g/mol. The van der Waals surface area contributed by atoms with Gasteiger partial charge in [-0.3, -0.25) is 4.39 Å². The lowest BCUT2D eigenvalue weighted by molar-refractivity contribution is 0.267. The van der Waals surface area contributed by atoms with E-state index in [1.165, 1.54) is 29.7 Å². The van der Waals surface area contributed by atoms with Crippen molar-refractivity contribution in [2.45, 2.75) is 51.0 Å². The van der Waals surface area contributed by atoms with Crippen molar-refractivity contribution >= 4 is 5.69 Å². The van der Waals surface area contributed by atoms with Crippen molar-refractivity contribution < 1.29 is 9.13 Å². The molecule has 4 rings (SSSR count). The molecule has 2 aliphatic heterocycles. The lowest BCUT2D eigenvalue weighted by atomic mass is 9.90. The minimum atomic E-state index is -0.243. The molecule has 2 heterocycles. The number of halogens is 1. The molecule has 1 fully saturated rings. The van der Waals surface area contributed by atoms with Crippen molar-refractivity contribution in [2.75, 3.05) is 37.8 Å². The third-order valence-electron chi connectivity index (χ3n) is 5.45.